The summed E-state index contributed by atoms with van der Waals surface area (Å²) in [6.07, 6.45) is 1.75. The lowest BCUT2D eigenvalue weighted by molar-refractivity contribution is 0.0429. The van der Waals surface area contributed by atoms with Gasteiger partial charge in [0, 0.05) is 19.0 Å². The van der Waals surface area contributed by atoms with Gasteiger partial charge in [-0.2, -0.15) is 9.29 Å². The highest BCUT2D eigenvalue weighted by Crippen LogP contribution is 2.21. The van der Waals surface area contributed by atoms with Gasteiger partial charge in [-0.1, -0.05) is 19.0 Å². The third-order valence-electron chi connectivity index (χ3n) is 4.12. The number of aromatic nitrogens is 2. The van der Waals surface area contributed by atoms with Crippen molar-refractivity contribution >= 4 is 16.0 Å². The van der Waals surface area contributed by atoms with Gasteiger partial charge in [0.2, 0.25) is 10.0 Å². The van der Waals surface area contributed by atoms with Gasteiger partial charge in [-0.15, -0.1) is 0 Å². The van der Waals surface area contributed by atoms with E-state index in [1.54, 1.807) is 0 Å². The maximum Gasteiger partial charge on any atom is 0.338 e. The second kappa shape index (κ2) is 7.55. The molecular weight excluding hydrogens is 358 g/mol. The molecule has 8 nitrogen and oxygen atoms in total. The molecule has 0 amide bonds. The fourth-order valence-electron chi connectivity index (χ4n) is 2.61. The van der Waals surface area contributed by atoms with E-state index in [0.29, 0.717) is 18.9 Å². The number of sulfonamides is 1. The molecule has 1 fully saturated rings. The van der Waals surface area contributed by atoms with Crippen LogP contribution in [0.3, 0.4) is 0 Å². The Labute approximate surface area is 152 Å². The summed E-state index contributed by atoms with van der Waals surface area (Å²) in [6.45, 7) is 4.80. The van der Waals surface area contributed by atoms with Gasteiger partial charge in [0.25, 0.3) is 5.89 Å². The first-order valence-corrected chi connectivity index (χ1v) is 9.92. The Balaban J connectivity index is 1.63. The number of hydrogen-bond acceptors (Lipinski definition) is 7. The van der Waals surface area contributed by atoms with E-state index in [2.05, 4.69) is 10.1 Å². The Morgan fingerprint density at radius 3 is 2.46 bits per heavy atom. The van der Waals surface area contributed by atoms with E-state index in [1.165, 1.54) is 28.6 Å². The quantitative estimate of drug-likeness (QED) is 0.710. The standard InChI is InChI=1S/C17H21N3O5S/c1-12(2)16-18-15(25-19-16)11-24-17(21)13-5-7-14(8-6-13)26(22,23)20-9-3-4-10-20/h5-8,12H,3-4,9-11H2,1-2H3. The number of ether oxygens (including phenoxy) is 1. The van der Waals surface area contributed by atoms with Gasteiger partial charge in [0.1, 0.15) is 0 Å². The molecule has 0 spiro atoms. The second-order valence-electron chi connectivity index (χ2n) is 6.41. The average molecular weight is 379 g/mol. The molecule has 0 unspecified atom stereocenters. The van der Waals surface area contributed by atoms with Crippen molar-refractivity contribution in [1.29, 1.82) is 0 Å². The highest BCUT2D eigenvalue weighted by atomic mass is 32.2. The Bertz CT molecular complexity index is 868. The fraction of sp³-hybridized carbons (Fsp3) is 0.471. The van der Waals surface area contributed by atoms with Crippen molar-refractivity contribution in [2.45, 2.75) is 44.1 Å². The van der Waals surface area contributed by atoms with Gasteiger partial charge in [-0.05, 0) is 37.1 Å². The summed E-state index contributed by atoms with van der Waals surface area (Å²) in [6, 6.07) is 5.74. The number of rotatable bonds is 6. The third kappa shape index (κ3) is 3.94. The van der Waals surface area contributed by atoms with Crippen LogP contribution in [0.5, 0.6) is 0 Å². The Morgan fingerprint density at radius 1 is 1.23 bits per heavy atom. The van der Waals surface area contributed by atoms with Crippen LogP contribution in [-0.2, 0) is 21.4 Å². The minimum absolute atomic E-state index is 0.119. The van der Waals surface area contributed by atoms with Crippen molar-refractivity contribution in [3.8, 4) is 0 Å². The van der Waals surface area contributed by atoms with E-state index in [4.69, 9.17) is 9.26 Å². The van der Waals surface area contributed by atoms with Crippen LogP contribution >= 0.6 is 0 Å². The molecule has 0 saturated carbocycles. The molecule has 0 bridgehead atoms. The third-order valence-corrected chi connectivity index (χ3v) is 6.03. The molecule has 140 valence electrons. The van der Waals surface area contributed by atoms with Crippen LogP contribution in [0.15, 0.2) is 33.7 Å². The van der Waals surface area contributed by atoms with E-state index < -0.39 is 16.0 Å². The number of hydrogen-bond donors (Lipinski definition) is 0. The van der Waals surface area contributed by atoms with E-state index >= 15 is 0 Å². The van der Waals surface area contributed by atoms with Crippen LogP contribution < -0.4 is 0 Å². The van der Waals surface area contributed by atoms with Gasteiger partial charge >= 0.3 is 5.97 Å². The summed E-state index contributed by atoms with van der Waals surface area (Å²) >= 11 is 0. The van der Waals surface area contributed by atoms with Crippen LogP contribution in [0.25, 0.3) is 0 Å². The predicted molar refractivity (Wildman–Crippen MR) is 91.9 cm³/mol. The number of carbonyl (C=O) groups excluding carboxylic acids is 1. The van der Waals surface area contributed by atoms with Crippen LogP contribution in [0, 0.1) is 0 Å². The normalized spacial score (nSPS) is 15.5. The van der Waals surface area contributed by atoms with Crippen LogP contribution in [-0.4, -0.2) is 41.9 Å². The predicted octanol–water partition coefficient (Wildman–Crippen LogP) is 2.33. The van der Waals surface area contributed by atoms with Gasteiger partial charge in [0.15, 0.2) is 12.4 Å². The molecular formula is C17H21N3O5S. The smallest absolute Gasteiger partial charge is 0.338 e. The number of benzene rings is 1. The van der Waals surface area contributed by atoms with E-state index in [0.717, 1.165) is 12.8 Å². The van der Waals surface area contributed by atoms with Crippen molar-refractivity contribution in [3.05, 3.63) is 41.5 Å². The highest BCUT2D eigenvalue weighted by Gasteiger charge is 2.27. The Kier molecular flexibility index (Phi) is 5.38. The molecule has 1 aromatic heterocycles. The maximum atomic E-state index is 12.5. The number of carbonyl (C=O) groups is 1. The fourth-order valence-corrected chi connectivity index (χ4v) is 4.13. The second-order valence-corrected chi connectivity index (χ2v) is 8.35. The molecule has 1 saturated heterocycles. The molecule has 0 N–H and O–H groups in total. The molecule has 1 aromatic carbocycles. The average Bonchev–Trinajstić information content (AvgIpc) is 3.31. The maximum absolute atomic E-state index is 12.5. The molecule has 0 atom stereocenters. The van der Waals surface area contributed by atoms with E-state index in [-0.39, 0.29) is 28.9 Å². The zero-order valence-corrected chi connectivity index (χ0v) is 15.5. The lowest BCUT2D eigenvalue weighted by atomic mass is 10.2. The monoisotopic (exact) mass is 379 g/mol. The van der Waals surface area contributed by atoms with Crippen molar-refractivity contribution in [1.82, 2.24) is 14.4 Å². The largest absolute Gasteiger partial charge is 0.452 e. The lowest BCUT2D eigenvalue weighted by Gasteiger charge is -2.15. The molecule has 9 heteroatoms. The summed E-state index contributed by atoms with van der Waals surface area (Å²) in [5.74, 6) is 0.301. The van der Waals surface area contributed by atoms with E-state index in [9.17, 15) is 13.2 Å². The summed E-state index contributed by atoms with van der Waals surface area (Å²) in [5, 5.41) is 3.79. The van der Waals surface area contributed by atoms with Gasteiger partial charge < -0.3 is 9.26 Å². The first-order valence-electron chi connectivity index (χ1n) is 8.48. The first kappa shape index (κ1) is 18.5. The lowest BCUT2D eigenvalue weighted by Crippen LogP contribution is -2.27. The zero-order chi connectivity index (χ0) is 18.7. The van der Waals surface area contributed by atoms with Crippen LogP contribution in [0.2, 0.25) is 0 Å². The number of nitrogens with zero attached hydrogens (tertiary/aromatic N) is 3. The Hall–Kier alpha value is -2.26. The molecule has 0 radical (unpaired) electrons. The van der Waals surface area contributed by atoms with Crippen molar-refractivity contribution in [3.63, 3.8) is 0 Å². The van der Waals surface area contributed by atoms with Crippen molar-refractivity contribution in [2.75, 3.05) is 13.1 Å². The minimum Gasteiger partial charge on any atom is -0.452 e. The summed E-state index contributed by atoms with van der Waals surface area (Å²) in [5.41, 5.74) is 0.258. The van der Waals surface area contributed by atoms with Crippen molar-refractivity contribution < 1.29 is 22.5 Å². The topological polar surface area (TPSA) is 103 Å². The zero-order valence-electron chi connectivity index (χ0n) is 14.7. The summed E-state index contributed by atoms with van der Waals surface area (Å²) in [4.78, 5) is 16.4. The van der Waals surface area contributed by atoms with Gasteiger partial charge in [0.05, 0.1) is 10.5 Å². The first-order chi connectivity index (χ1) is 12.4. The van der Waals surface area contributed by atoms with Crippen LogP contribution in [0.1, 0.15) is 54.7 Å². The molecule has 26 heavy (non-hydrogen) atoms. The molecule has 1 aliphatic rings. The highest BCUT2D eigenvalue weighted by molar-refractivity contribution is 7.89. The summed E-state index contributed by atoms with van der Waals surface area (Å²) < 4.78 is 36.5. The minimum atomic E-state index is -3.49. The molecule has 3 rings (SSSR count). The SMILES string of the molecule is CC(C)c1noc(COC(=O)c2ccc(S(=O)(=O)N3CCCC3)cc2)n1. The van der Waals surface area contributed by atoms with Gasteiger partial charge in [-0.25, -0.2) is 13.2 Å². The van der Waals surface area contributed by atoms with Crippen molar-refractivity contribution in [2.24, 2.45) is 0 Å². The van der Waals surface area contributed by atoms with Gasteiger partial charge in [-0.3, -0.25) is 0 Å². The summed E-state index contributed by atoms with van der Waals surface area (Å²) in [7, 11) is -3.49. The number of esters is 1. The molecule has 0 aliphatic carbocycles. The van der Waals surface area contributed by atoms with Crippen LogP contribution in [0.4, 0.5) is 0 Å². The molecule has 1 aliphatic heterocycles. The Morgan fingerprint density at radius 2 is 1.88 bits per heavy atom. The van der Waals surface area contributed by atoms with E-state index in [1.807, 2.05) is 13.8 Å². The molecule has 2 heterocycles. The molecule has 2 aromatic rings.